The molecule has 0 aliphatic carbocycles. The lowest BCUT2D eigenvalue weighted by Gasteiger charge is -2.36. The molecule has 1 aromatic carbocycles. The van der Waals surface area contributed by atoms with Crippen LogP contribution in [0.25, 0.3) is 0 Å². The van der Waals surface area contributed by atoms with Crippen molar-refractivity contribution in [1.82, 2.24) is 24.9 Å². The first-order valence-electron chi connectivity index (χ1n) is 11.1. The zero-order chi connectivity index (χ0) is 22.1. The van der Waals surface area contributed by atoms with Gasteiger partial charge in [-0.3, -0.25) is 4.79 Å². The molecule has 0 spiro atoms. The Morgan fingerprint density at radius 3 is 2.59 bits per heavy atom. The van der Waals surface area contributed by atoms with E-state index in [0.29, 0.717) is 18.7 Å². The highest BCUT2D eigenvalue weighted by molar-refractivity contribution is 14.0. The molecule has 0 saturated carbocycles. The van der Waals surface area contributed by atoms with Crippen molar-refractivity contribution in [2.45, 2.75) is 40.2 Å². The van der Waals surface area contributed by atoms with Crippen LogP contribution in [-0.2, 0) is 13.0 Å². The monoisotopic (exact) mass is 571 g/mol. The number of carbonyl (C=O) groups is 1. The SMILES string of the molecule is CCCNC(=O)c1cccc(CN=C(NCC)N2CCN(c3nc(CC)ns3)CC2)c1.I. The Morgan fingerprint density at radius 2 is 1.94 bits per heavy atom. The Labute approximate surface area is 212 Å². The molecule has 0 bridgehead atoms. The Balaban J connectivity index is 0.00000363. The highest BCUT2D eigenvalue weighted by atomic mass is 127. The standard InChI is InChI=1S/C22H33N7OS.HI/c1-4-10-24-20(30)18-9-7-8-17(15-18)16-25-21(23-6-3)28-11-13-29(14-12-28)22-26-19(5-2)27-31-22;/h7-9,15H,4-6,10-14,16H2,1-3H3,(H,23,25)(H,24,30);1H. The fourth-order valence-electron chi connectivity index (χ4n) is 3.37. The number of hydrogen-bond acceptors (Lipinski definition) is 6. The molecule has 10 heteroatoms. The topological polar surface area (TPSA) is 85.8 Å². The number of halogens is 1. The summed E-state index contributed by atoms with van der Waals surface area (Å²) in [5.74, 6) is 1.80. The summed E-state index contributed by atoms with van der Waals surface area (Å²) in [6.45, 7) is 11.8. The summed E-state index contributed by atoms with van der Waals surface area (Å²) in [5.41, 5.74) is 1.71. The van der Waals surface area contributed by atoms with Crippen molar-refractivity contribution >= 4 is 52.5 Å². The molecule has 0 radical (unpaired) electrons. The van der Waals surface area contributed by atoms with Gasteiger partial charge in [-0.05, 0) is 31.0 Å². The predicted molar refractivity (Wildman–Crippen MR) is 142 cm³/mol. The largest absolute Gasteiger partial charge is 0.357 e. The molecule has 1 fully saturated rings. The molecule has 1 aliphatic rings. The van der Waals surface area contributed by atoms with Gasteiger partial charge in [0.25, 0.3) is 5.91 Å². The van der Waals surface area contributed by atoms with Gasteiger partial charge in [-0.25, -0.2) is 9.98 Å². The van der Waals surface area contributed by atoms with Gasteiger partial charge in [0, 0.05) is 62.8 Å². The number of anilines is 1. The highest BCUT2D eigenvalue weighted by Gasteiger charge is 2.22. The zero-order valence-corrected chi connectivity index (χ0v) is 22.3. The number of hydrogen-bond donors (Lipinski definition) is 2. The van der Waals surface area contributed by atoms with Crippen molar-refractivity contribution in [3.63, 3.8) is 0 Å². The molecular weight excluding hydrogens is 537 g/mol. The molecule has 1 aliphatic heterocycles. The third kappa shape index (κ3) is 7.29. The minimum atomic E-state index is -0.0291. The van der Waals surface area contributed by atoms with Crippen LogP contribution in [0.5, 0.6) is 0 Å². The summed E-state index contributed by atoms with van der Waals surface area (Å²) >= 11 is 1.48. The maximum Gasteiger partial charge on any atom is 0.251 e. The van der Waals surface area contributed by atoms with Gasteiger partial charge >= 0.3 is 0 Å². The van der Waals surface area contributed by atoms with E-state index in [-0.39, 0.29) is 29.9 Å². The minimum Gasteiger partial charge on any atom is -0.357 e. The fraction of sp³-hybridized carbons (Fsp3) is 0.545. The fourth-order valence-corrected chi connectivity index (χ4v) is 4.17. The Bertz CT molecular complexity index is 881. The number of aliphatic imine (C=N–C) groups is 1. The van der Waals surface area contributed by atoms with E-state index >= 15 is 0 Å². The van der Waals surface area contributed by atoms with E-state index in [1.165, 1.54) is 11.5 Å². The van der Waals surface area contributed by atoms with Crippen LogP contribution in [0.4, 0.5) is 5.13 Å². The first-order chi connectivity index (χ1) is 15.1. The summed E-state index contributed by atoms with van der Waals surface area (Å²) < 4.78 is 4.40. The summed E-state index contributed by atoms with van der Waals surface area (Å²) in [6.07, 6.45) is 1.79. The lowest BCUT2D eigenvalue weighted by Crippen LogP contribution is -2.52. The molecule has 1 aromatic heterocycles. The Kier molecular flexibility index (Phi) is 11.1. The molecule has 176 valence electrons. The lowest BCUT2D eigenvalue weighted by atomic mass is 10.1. The molecule has 1 amide bonds. The first-order valence-corrected chi connectivity index (χ1v) is 11.9. The smallest absolute Gasteiger partial charge is 0.251 e. The van der Waals surface area contributed by atoms with E-state index in [9.17, 15) is 4.79 Å². The summed E-state index contributed by atoms with van der Waals surface area (Å²) in [4.78, 5) is 26.3. The van der Waals surface area contributed by atoms with Gasteiger partial charge in [0.2, 0.25) is 5.13 Å². The molecule has 2 N–H and O–H groups in total. The molecule has 2 aromatic rings. The number of benzene rings is 1. The third-order valence-corrected chi connectivity index (χ3v) is 5.91. The van der Waals surface area contributed by atoms with Crippen LogP contribution in [0.2, 0.25) is 0 Å². The van der Waals surface area contributed by atoms with E-state index < -0.39 is 0 Å². The summed E-state index contributed by atoms with van der Waals surface area (Å²) in [6, 6.07) is 7.71. The third-order valence-electron chi connectivity index (χ3n) is 5.09. The van der Waals surface area contributed by atoms with Crippen molar-refractivity contribution in [3.05, 3.63) is 41.2 Å². The van der Waals surface area contributed by atoms with Gasteiger partial charge in [0.1, 0.15) is 5.82 Å². The number of piperazine rings is 1. The number of carbonyl (C=O) groups excluding carboxylic acids is 1. The van der Waals surface area contributed by atoms with Gasteiger partial charge in [-0.1, -0.05) is 26.0 Å². The number of aryl methyl sites for hydroxylation is 1. The molecule has 32 heavy (non-hydrogen) atoms. The molecule has 8 nitrogen and oxygen atoms in total. The van der Waals surface area contributed by atoms with Crippen molar-refractivity contribution < 1.29 is 4.79 Å². The van der Waals surface area contributed by atoms with E-state index in [0.717, 1.165) is 68.0 Å². The lowest BCUT2D eigenvalue weighted by molar-refractivity contribution is 0.0953. The molecule has 0 unspecified atom stereocenters. The number of nitrogens with one attached hydrogen (secondary N) is 2. The number of guanidine groups is 1. The molecular formula is C22H34IN7OS. The quantitative estimate of drug-likeness (QED) is 0.288. The molecule has 1 saturated heterocycles. The van der Waals surface area contributed by atoms with Crippen LogP contribution >= 0.6 is 35.5 Å². The van der Waals surface area contributed by atoms with Crippen molar-refractivity contribution in [2.75, 3.05) is 44.2 Å². The average molecular weight is 572 g/mol. The van der Waals surface area contributed by atoms with Crippen molar-refractivity contribution in [1.29, 1.82) is 0 Å². The number of rotatable bonds is 8. The van der Waals surface area contributed by atoms with Gasteiger partial charge < -0.3 is 20.4 Å². The van der Waals surface area contributed by atoms with E-state index in [1.807, 2.05) is 31.2 Å². The first kappa shape index (κ1) is 26.3. The maximum atomic E-state index is 12.2. The van der Waals surface area contributed by atoms with E-state index in [1.54, 1.807) is 0 Å². The maximum absolute atomic E-state index is 12.2. The summed E-state index contributed by atoms with van der Waals surface area (Å²) in [7, 11) is 0. The van der Waals surface area contributed by atoms with Crippen LogP contribution in [0.1, 0.15) is 48.9 Å². The van der Waals surface area contributed by atoms with Crippen LogP contribution in [0.3, 0.4) is 0 Å². The average Bonchev–Trinajstić information content (AvgIpc) is 3.30. The minimum absolute atomic E-state index is 0. The second-order valence-corrected chi connectivity index (χ2v) is 8.18. The molecule has 3 rings (SSSR count). The predicted octanol–water partition coefficient (Wildman–Crippen LogP) is 3.15. The summed E-state index contributed by atoms with van der Waals surface area (Å²) in [5, 5.41) is 7.35. The van der Waals surface area contributed by atoms with Crippen LogP contribution in [-0.4, -0.2) is 65.4 Å². The number of amides is 1. The molecule has 2 heterocycles. The Morgan fingerprint density at radius 1 is 1.16 bits per heavy atom. The second kappa shape index (κ2) is 13.6. The van der Waals surface area contributed by atoms with Crippen molar-refractivity contribution in [2.24, 2.45) is 4.99 Å². The van der Waals surface area contributed by atoms with Gasteiger partial charge in [0.05, 0.1) is 6.54 Å². The van der Waals surface area contributed by atoms with Crippen molar-refractivity contribution in [3.8, 4) is 0 Å². The number of aromatic nitrogens is 2. The van der Waals surface area contributed by atoms with E-state index in [2.05, 4.69) is 43.6 Å². The zero-order valence-electron chi connectivity index (χ0n) is 19.1. The Hall–Kier alpha value is -1.95. The highest BCUT2D eigenvalue weighted by Crippen LogP contribution is 2.19. The van der Waals surface area contributed by atoms with E-state index in [4.69, 9.17) is 4.99 Å². The molecule has 0 atom stereocenters. The normalized spacial score (nSPS) is 14.2. The van der Waals surface area contributed by atoms with Crippen LogP contribution in [0.15, 0.2) is 29.3 Å². The number of nitrogens with zero attached hydrogens (tertiary/aromatic N) is 5. The van der Waals surface area contributed by atoms with Gasteiger partial charge in [-0.2, -0.15) is 4.37 Å². The van der Waals surface area contributed by atoms with Gasteiger partial charge in [-0.15, -0.1) is 24.0 Å². The van der Waals surface area contributed by atoms with Gasteiger partial charge in [0.15, 0.2) is 5.96 Å². The van der Waals surface area contributed by atoms with Crippen LogP contribution in [0, 0.1) is 0 Å². The van der Waals surface area contributed by atoms with Crippen LogP contribution < -0.4 is 15.5 Å². The second-order valence-electron chi connectivity index (χ2n) is 7.45.